The van der Waals surface area contributed by atoms with Crippen LogP contribution in [0.2, 0.25) is 0 Å². The van der Waals surface area contributed by atoms with Gasteiger partial charge in [-0.3, -0.25) is 14.5 Å². The molecule has 232 valence electrons. The number of carbonyl (C=O) groups is 2. The van der Waals surface area contributed by atoms with E-state index in [9.17, 15) is 14.7 Å². The van der Waals surface area contributed by atoms with Crippen LogP contribution in [0.25, 0.3) is 0 Å². The summed E-state index contributed by atoms with van der Waals surface area (Å²) in [6.45, 7) is 5.00. The van der Waals surface area contributed by atoms with Gasteiger partial charge in [0.25, 0.3) is 5.91 Å². The molecular weight excluding hydrogens is 556 g/mol. The molecule has 9 nitrogen and oxygen atoms in total. The van der Waals surface area contributed by atoms with Crippen molar-refractivity contribution in [2.45, 2.75) is 57.8 Å². The molecule has 1 aliphatic heterocycles. The number of rotatable bonds is 13. The van der Waals surface area contributed by atoms with Crippen molar-refractivity contribution in [2.24, 2.45) is 17.3 Å². The minimum Gasteiger partial charge on any atom is -0.497 e. The number of carbonyl (C=O) groups excluding carboxylic acids is 1. The topological polar surface area (TPSA) is 105 Å². The number of carboxylic acid groups (broad SMARTS) is 1. The maximum Gasteiger partial charge on any atom is 0.303 e. The average molecular weight is 599 g/mol. The molecular formula is C35H42N4O5. The molecule has 44 heavy (non-hydrogen) atoms. The van der Waals surface area contributed by atoms with E-state index in [1.165, 1.54) is 0 Å². The minimum atomic E-state index is -0.768. The van der Waals surface area contributed by atoms with Gasteiger partial charge < -0.3 is 19.5 Å². The predicted octanol–water partition coefficient (Wildman–Crippen LogP) is 6.20. The summed E-state index contributed by atoms with van der Waals surface area (Å²) in [6, 6.07) is 15.3. The van der Waals surface area contributed by atoms with Crippen molar-refractivity contribution in [3.63, 3.8) is 0 Å². The fraction of sp³-hybridized carbons (Fsp3) is 0.486. The van der Waals surface area contributed by atoms with Crippen LogP contribution in [-0.2, 0) is 4.79 Å². The summed E-state index contributed by atoms with van der Waals surface area (Å²) in [7, 11) is 1.65. The highest BCUT2D eigenvalue weighted by Crippen LogP contribution is 2.47. The van der Waals surface area contributed by atoms with Crippen LogP contribution in [-0.4, -0.2) is 60.3 Å². The molecule has 1 amide bonds. The lowest BCUT2D eigenvalue weighted by atomic mass is 9.92. The Balaban J connectivity index is 1.12. The number of ether oxygens (including phenoxy) is 2. The first-order valence-electron chi connectivity index (χ1n) is 15.8. The Kier molecular flexibility index (Phi) is 8.73. The zero-order valence-corrected chi connectivity index (χ0v) is 25.7. The number of piperidine rings is 1. The van der Waals surface area contributed by atoms with Crippen molar-refractivity contribution in [1.29, 1.82) is 0 Å². The molecule has 3 heterocycles. The predicted molar refractivity (Wildman–Crippen MR) is 169 cm³/mol. The van der Waals surface area contributed by atoms with Crippen molar-refractivity contribution >= 4 is 23.4 Å². The van der Waals surface area contributed by atoms with Crippen molar-refractivity contribution in [2.75, 3.05) is 43.2 Å². The van der Waals surface area contributed by atoms with E-state index in [1.54, 1.807) is 19.5 Å². The summed E-state index contributed by atoms with van der Waals surface area (Å²) in [4.78, 5) is 38.7. The number of hydrogen-bond donors (Lipinski definition) is 1. The van der Waals surface area contributed by atoms with Crippen molar-refractivity contribution in [3.8, 4) is 11.6 Å². The SMILES string of the molecule is COc1ccc(C(=O)N(CC2(C)CC2)c2ccccn2)c(N2CCC(COc3cc(C(CC(=O)O)C4CC4)ccn3)CC2)c1. The number of amides is 1. The molecule has 2 aromatic heterocycles. The van der Waals surface area contributed by atoms with Crippen molar-refractivity contribution in [1.82, 2.24) is 9.97 Å². The monoisotopic (exact) mass is 598 g/mol. The second-order valence-corrected chi connectivity index (χ2v) is 13.0. The molecule has 9 heteroatoms. The summed E-state index contributed by atoms with van der Waals surface area (Å²) in [5.74, 6) is 1.94. The number of carboxylic acids is 1. The average Bonchev–Trinajstić information content (AvgIpc) is 4.00. The van der Waals surface area contributed by atoms with Gasteiger partial charge in [0.15, 0.2) is 0 Å². The molecule has 1 atom stereocenters. The molecule has 2 saturated carbocycles. The molecule has 1 N–H and O–H groups in total. The number of hydrogen-bond acceptors (Lipinski definition) is 7. The molecule has 1 saturated heterocycles. The van der Waals surface area contributed by atoms with Crippen LogP contribution in [0, 0.1) is 17.3 Å². The van der Waals surface area contributed by atoms with Gasteiger partial charge in [0.2, 0.25) is 5.88 Å². The third-order valence-corrected chi connectivity index (χ3v) is 9.44. The van der Waals surface area contributed by atoms with E-state index in [0.717, 1.165) is 68.6 Å². The van der Waals surface area contributed by atoms with E-state index in [-0.39, 0.29) is 23.7 Å². The summed E-state index contributed by atoms with van der Waals surface area (Å²) in [5.41, 5.74) is 2.67. The number of methoxy groups -OCH3 is 1. The van der Waals surface area contributed by atoms with Crippen LogP contribution in [0.5, 0.6) is 11.6 Å². The molecule has 1 aromatic carbocycles. The number of anilines is 2. The van der Waals surface area contributed by atoms with E-state index >= 15 is 0 Å². The third-order valence-electron chi connectivity index (χ3n) is 9.44. The number of benzene rings is 1. The Labute approximate surface area is 259 Å². The number of pyridine rings is 2. The van der Waals surface area contributed by atoms with Gasteiger partial charge in [0.1, 0.15) is 11.6 Å². The molecule has 2 aliphatic carbocycles. The molecule has 0 spiro atoms. The van der Waals surface area contributed by atoms with Gasteiger partial charge >= 0.3 is 5.97 Å². The lowest BCUT2D eigenvalue weighted by Gasteiger charge is -2.35. The fourth-order valence-corrected chi connectivity index (χ4v) is 6.27. The normalized spacial score (nSPS) is 18.4. The second kappa shape index (κ2) is 12.8. The van der Waals surface area contributed by atoms with Gasteiger partial charge in [-0.15, -0.1) is 0 Å². The molecule has 0 radical (unpaired) electrons. The number of aliphatic carboxylic acids is 1. The zero-order chi connectivity index (χ0) is 30.7. The van der Waals surface area contributed by atoms with Crippen LogP contribution in [0.1, 0.15) is 73.7 Å². The molecule has 3 aliphatic rings. The molecule has 3 aromatic rings. The van der Waals surface area contributed by atoms with E-state index in [0.29, 0.717) is 42.2 Å². The number of nitrogens with zero attached hydrogens (tertiary/aromatic N) is 4. The van der Waals surface area contributed by atoms with E-state index < -0.39 is 5.97 Å². The van der Waals surface area contributed by atoms with Crippen LogP contribution in [0.4, 0.5) is 11.5 Å². The maximum atomic E-state index is 14.2. The Morgan fingerprint density at radius 2 is 1.84 bits per heavy atom. The van der Waals surface area contributed by atoms with Crippen molar-refractivity contribution < 1.29 is 24.2 Å². The number of aromatic nitrogens is 2. The fourth-order valence-electron chi connectivity index (χ4n) is 6.27. The van der Waals surface area contributed by atoms with Crippen molar-refractivity contribution in [3.05, 3.63) is 72.1 Å². The summed E-state index contributed by atoms with van der Waals surface area (Å²) >= 11 is 0. The van der Waals surface area contributed by atoms with Gasteiger partial charge in [0.05, 0.1) is 31.4 Å². The lowest BCUT2D eigenvalue weighted by Crippen LogP contribution is -2.39. The van der Waals surface area contributed by atoms with Crippen LogP contribution < -0.4 is 19.3 Å². The van der Waals surface area contributed by atoms with E-state index in [2.05, 4.69) is 21.8 Å². The Bertz CT molecular complexity index is 1460. The largest absolute Gasteiger partial charge is 0.497 e. The highest BCUT2D eigenvalue weighted by Gasteiger charge is 2.41. The van der Waals surface area contributed by atoms with Crippen LogP contribution in [0.3, 0.4) is 0 Å². The summed E-state index contributed by atoms with van der Waals surface area (Å²) in [5, 5.41) is 9.39. The van der Waals surface area contributed by atoms with Gasteiger partial charge in [-0.2, -0.15) is 0 Å². The smallest absolute Gasteiger partial charge is 0.303 e. The first-order valence-corrected chi connectivity index (χ1v) is 15.8. The highest BCUT2D eigenvalue weighted by molar-refractivity contribution is 6.09. The van der Waals surface area contributed by atoms with Gasteiger partial charge in [-0.05, 0) is 97.6 Å². The van der Waals surface area contributed by atoms with Gasteiger partial charge in [-0.25, -0.2) is 9.97 Å². The standard InChI is InChI=1S/C35H42N4O5/c1-35(13-14-35)23-39(31-5-3-4-15-36-31)34(42)28-9-8-27(43-2)20-30(28)38-17-11-24(12-18-38)22-44-32-19-26(10-16-37-32)29(21-33(40)41)25-6-7-25/h3-5,8-10,15-16,19-20,24-25,29H,6-7,11-14,17-18,21-23H2,1-2H3,(H,40,41). The van der Waals surface area contributed by atoms with Crippen LogP contribution >= 0.6 is 0 Å². The summed E-state index contributed by atoms with van der Waals surface area (Å²) in [6.07, 6.45) is 9.80. The summed E-state index contributed by atoms with van der Waals surface area (Å²) < 4.78 is 11.7. The highest BCUT2D eigenvalue weighted by atomic mass is 16.5. The third kappa shape index (κ3) is 7.14. The first-order chi connectivity index (χ1) is 21.3. The molecule has 6 rings (SSSR count). The molecule has 3 fully saturated rings. The quantitative estimate of drug-likeness (QED) is 0.248. The Morgan fingerprint density at radius 1 is 1.05 bits per heavy atom. The second-order valence-electron chi connectivity index (χ2n) is 13.0. The minimum absolute atomic E-state index is 0.0154. The Hall–Kier alpha value is -4.14. The van der Waals surface area contributed by atoms with E-state index in [4.69, 9.17) is 9.47 Å². The van der Waals surface area contributed by atoms with Gasteiger partial charge in [0, 0.05) is 44.2 Å². The van der Waals surface area contributed by atoms with E-state index in [1.807, 2.05) is 53.4 Å². The molecule has 0 bridgehead atoms. The lowest BCUT2D eigenvalue weighted by molar-refractivity contribution is -0.137. The molecule has 1 unspecified atom stereocenters. The van der Waals surface area contributed by atoms with Gasteiger partial charge in [-0.1, -0.05) is 13.0 Å². The first kappa shape index (κ1) is 29.9. The zero-order valence-electron chi connectivity index (χ0n) is 25.7. The van der Waals surface area contributed by atoms with Crippen LogP contribution in [0.15, 0.2) is 60.9 Å². The maximum absolute atomic E-state index is 14.2. The Morgan fingerprint density at radius 3 is 2.50 bits per heavy atom.